The largest absolute Gasteiger partial charge is 0.497 e. The van der Waals surface area contributed by atoms with Crippen LogP contribution in [0.5, 0.6) is 5.75 Å². The van der Waals surface area contributed by atoms with E-state index in [0.29, 0.717) is 5.82 Å². The van der Waals surface area contributed by atoms with Crippen LogP contribution in [-0.4, -0.2) is 27.8 Å². The zero-order valence-electron chi connectivity index (χ0n) is 11.3. The van der Waals surface area contributed by atoms with E-state index < -0.39 is 5.91 Å². The van der Waals surface area contributed by atoms with Gasteiger partial charge in [0, 0.05) is 11.6 Å². The lowest BCUT2D eigenvalue weighted by atomic mass is 10.1. The standard InChI is InChI=1S/C14H13N5O2/c1-21-9-2-3-10-8(6-9)4-5-17-14(10)19-7-11(15)12(18-19)13(16)20/h2-7H,15H2,1H3,(H2,16,20). The molecule has 0 bridgehead atoms. The highest BCUT2D eigenvalue weighted by molar-refractivity contribution is 5.96. The van der Waals surface area contributed by atoms with E-state index in [1.54, 1.807) is 13.3 Å². The minimum absolute atomic E-state index is 0.0299. The summed E-state index contributed by atoms with van der Waals surface area (Å²) in [6, 6.07) is 7.46. The normalized spacial score (nSPS) is 10.7. The van der Waals surface area contributed by atoms with Crippen molar-refractivity contribution in [1.82, 2.24) is 14.8 Å². The van der Waals surface area contributed by atoms with Crippen LogP contribution in [0.3, 0.4) is 0 Å². The van der Waals surface area contributed by atoms with Crippen LogP contribution in [0.4, 0.5) is 5.69 Å². The molecule has 3 rings (SSSR count). The molecule has 2 aromatic heterocycles. The minimum atomic E-state index is -0.673. The van der Waals surface area contributed by atoms with Gasteiger partial charge >= 0.3 is 0 Å². The van der Waals surface area contributed by atoms with Crippen LogP contribution in [0.15, 0.2) is 36.7 Å². The number of benzene rings is 1. The lowest BCUT2D eigenvalue weighted by Crippen LogP contribution is -2.14. The summed E-state index contributed by atoms with van der Waals surface area (Å²) in [7, 11) is 1.61. The van der Waals surface area contributed by atoms with Crippen LogP contribution in [0.25, 0.3) is 16.6 Å². The summed E-state index contributed by atoms with van der Waals surface area (Å²) in [5.41, 5.74) is 11.2. The third kappa shape index (κ3) is 2.14. The van der Waals surface area contributed by atoms with Gasteiger partial charge in [0.15, 0.2) is 11.5 Å². The molecule has 0 radical (unpaired) electrons. The zero-order valence-corrected chi connectivity index (χ0v) is 11.3. The SMILES string of the molecule is COc1ccc2c(-n3cc(N)c(C(N)=O)n3)nccc2c1. The van der Waals surface area contributed by atoms with Gasteiger partial charge in [0.25, 0.3) is 5.91 Å². The summed E-state index contributed by atoms with van der Waals surface area (Å²) >= 11 is 0. The first-order valence-electron chi connectivity index (χ1n) is 6.18. The Morgan fingerprint density at radius 2 is 2.14 bits per heavy atom. The van der Waals surface area contributed by atoms with E-state index in [9.17, 15) is 4.79 Å². The van der Waals surface area contributed by atoms with Gasteiger partial charge in [0.1, 0.15) is 5.75 Å². The number of methoxy groups -OCH3 is 1. The van der Waals surface area contributed by atoms with Crippen molar-refractivity contribution in [3.63, 3.8) is 0 Å². The number of ether oxygens (including phenoxy) is 1. The highest BCUT2D eigenvalue weighted by Crippen LogP contribution is 2.25. The van der Waals surface area contributed by atoms with Crippen molar-refractivity contribution < 1.29 is 9.53 Å². The number of nitrogen functional groups attached to an aromatic ring is 1. The number of nitrogens with two attached hydrogens (primary N) is 2. The summed E-state index contributed by atoms with van der Waals surface area (Å²) in [6.45, 7) is 0. The van der Waals surface area contributed by atoms with Crippen LogP contribution in [0, 0.1) is 0 Å². The number of aromatic nitrogens is 3. The zero-order chi connectivity index (χ0) is 15.0. The number of carbonyl (C=O) groups excluding carboxylic acids is 1. The van der Waals surface area contributed by atoms with Crippen LogP contribution in [-0.2, 0) is 0 Å². The Hall–Kier alpha value is -3.09. The second-order valence-electron chi connectivity index (χ2n) is 4.46. The Morgan fingerprint density at radius 3 is 2.81 bits per heavy atom. The molecule has 7 heteroatoms. The molecule has 0 saturated carbocycles. The molecule has 0 aliphatic carbocycles. The van der Waals surface area contributed by atoms with Crippen molar-refractivity contribution in [2.24, 2.45) is 5.73 Å². The Kier molecular flexibility index (Phi) is 2.94. The quantitative estimate of drug-likeness (QED) is 0.748. The number of fused-ring (bicyclic) bond motifs is 1. The van der Waals surface area contributed by atoms with Crippen molar-refractivity contribution in [3.8, 4) is 11.6 Å². The maximum Gasteiger partial charge on any atom is 0.271 e. The third-order valence-corrected chi connectivity index (χ3v) is 3.14. The molecule has 7 nitrogen and oxygen atoms in total. The summed E-state index contributed by atoms with van der Waals surface area (Å²) in [5.74, 6) is 0.639. The monoisotopic (exact) mass is 283 g/mol. The summed E-state index contributed by atoms with van der Waals surface area (Å²) in [5, 5.41) is 5.89. The van der Waals surface area contributed by atoms with Crippen molar-refractivity contribution >= 4 is 22.4 Å². The fourth-order valence-electron chi connectivity index (χ4n) is 2.14. The molecule has 0 spiro atoms. The van der Waals surface area contributed by atoms with E-state index in [4.69, 9.17) is 16.2 Å². The molecule has 0 saturated heterocycles. The predicted octanol–water partition coefficient (Wildman–Crippen LogP) is 1.11. The first kappa shape index (κ1) is 12.9. The number of hydrogen-bond acceptors (Lipinski definition) is 5. The Labute approximate surface area is 120 Å². The summed E-state index contributed by atoms with van der Waals surface area (Å²) in [6.07, 6.45) is 3.17. The molecule has 0 unspecified atom stereocenters. The van der Waals surface area contributed by atoms with E-state index in [-0.39, 0.29) is 11.4 Å². The average molecular weight is 283 g/mol. The van der Waals surface area contributed by atoms with Gasteiger partial charge in [-0.15, -0.1) is 0 Å². The highest BCUT2D eigenvalue weighted by Gasteiger charge is 2.14. The molecule has 2 heterocycles. The Bertz CT molecular complexity index is 840. The number of rotatable bonds is 3. The fourth-order valence-corrected chi connectivity index (χ4v) is 2.14. The molecule has 3 aromatic rings. The number of hydrogen-bond donors (Lipinski definition) is 2. The third-order valence-electron chi connectivity index (χ3n) is 3.14. The van der Waals surface area contributed by atoms with Gasteiger partial charge in [-0.25, -0.2) is 9.67 Å². The maximum absolute atomic E-state index is 11.2. The predicted molar refractivity (Wildman–Crippen MR) is 78.3 cm³/mol. The smallest absolute Gasteiger partial charge is 0.271 e. The van der Waals surface area contributed by atoms with Gasteiger partial charge in [0.2, 0.25) is 0 Å². The molecule has 21 heavy (non-hydrogen) atoms. The van der Waals surface area contributed by atoms with Crippen molar-refractivity contribution in [2.45, 2.75) is 0 Å². The van der Waals surface area contributed by atoms with Gasteiger partial charge in [-0.1, -0.05) is 0 Å². The lowest BCUT2D eigenvalue weighted by molar-refractivity contribution is 0.0996. The minimum Gasteiger partial charge on any atom is -0.497 e. The van der Waals surface area contributed by atoms with Gasteiger partial charge in [-0.2, -0.15) is 5.10 Å². The molecule has 0 atom stereocenters. The molecular weight excluding hydrogens is 270 g/mol. The van der Waals surface area contributed by atoms with Gasteiger partial charge in [0.05, 0.1) is 19.0 Å². The average Bonchev–Trinajstić information content (AvgIpc) is 2.88. The van der Waals surface area contributed by atoms with E-state index >= 15 is 0 Å². The second-order valence-corrected chi connectivity index (χ2v) is 4.46. The van der Waals surface area contributed by atoms with Gasteiger partial charge < -0.3 is 16.2 Å². The van der Waals surface area contributed by atoms with Crippen LogP contribution in [0.1, 0.15) is 10.5 Å². The van der Waals surface area contributed by atoms with E-state index in [1.165, 1.54) is 10.9 Å². The summed E-state index contributed by atoms with van der Waals surface area (Å²) < 4.78 is 6.65. The number of primary amides is 1. The van der Waals surface area contributed by atoms with Crippen molar-refractivity contribution in [3.05, 3.63) is 42.4 Å². The molecule has 0 aliphatic heterocycles. The highest BCUT2D eigenvalue weighted by atomic mass is 16.5. The molecule has 4 N–H and O–H groups in total. The van der Waals surface area contributed by atoms with Crippen LogP contribution in [0.2, 0.25) is 0 Å². The Morgan fingerprint density at radius 1 is 1.33 bits per heavy atom. The molecule has 0 fully saturated rings. The Balaban J connectivity index is 2.20. The number of amides is 1. The van der Waals surface area contributed by atoms with Crippen molar-refractivity contribution in [1.29, 1.82) is 0 Å². The number of pyridine rings is 1. The first-order chi connectivity index (χ1) is 10.1. The fraction of sp³-hybridized carbons (Fsp3) is 0.0714. The van der Waals surface area contributed by atoms with Crippen molar-refractivity contribution in [2.75, 3.05) is 12.8 Å². The van der Waals surface area contributed by atoms with E-state index in [2.05, 4.69) is 10.1 Å². The van der Waals surface area contributed by atoms with Crippen LogP contribution >= 0.6 is 0 Å². The summed E-state index contributed by atoms with van der Waals surface area (Å²) in [4.78, 5) is 15.5. The van der Waals surface area contributed by atoms with Crippen LogP contribution < -0.4 is 16.2 Å². The molecule has 1 amide bonds. The number of anilines is 1. The van der Waals surface area contributed by atoms with Gasteiger partial charge in [-0.05, 0) is 29.7 Å². The number of nitrogens with zero attached hydrogens (tertiary/aromatic N) is 3. The van der Waals surface area contributed by atoms with E-state index in [1.807, 2.05) is 24.3 Å². The molecule has 1 aromatic carbocycles. The maximum atomic E-state index is 11.2. The molecule has 0 aliphatic rings. The van der Waals surface area contributed by atoms with Gasteiger partial charge in [-0.3, -0.25) is 4.79 Å². The molecular formula is C14H13N5O2. The second kappa shape index (κ2) is 4.78. The molecule has 106 valence electrons. The van der Waals surface area contributed by atoms with E-state index in [0.717, 1.165) is 16.5 Å². The first-order valence-corrected chi connectivity index (χ1v) is 6.18. The number of carbonyl (C=O) groups is 1. The lowest BCUT2D eigenvalue weighted by Gasteiger charge is -2.07. The topological polar surface area (TPSA) is 109 Å².